The van der Waals surface area contributed by atoms with E-state index >= 15 is 0 Å². The molecule has 2 aromatic heterocycles. The van der Waals surface area contributed by atoms with Crippen molar-refractivity contribution in [2.75, 3.05) is 0 Å². The predicted molar refractivity (Wildman–Crippen MR) is 98.6 cm³/mol. The van der Waals surface area contributed by atoms with Gasteiger partial charge in [-0.05, 0) is 49.6 Å². The van der Waals surface area contributed by atoms with Gasteiger partial charge in [0.05, 0.1) is 18.5 Å². The standard InChI is InChI=1S/C21H23N3O2/c1-14-9-15(2)24(23-14)13-17-6-3-5-16(10-17)12-22-21(25)19-11-18(19)20-7-4-8-26-20/h3-10,18-19H,11-13H2,1-2H3,(H,22,25)/t18-,19+/m0/s1. The van der Waals surface area contributed by atoms with E-state index in [9.17, 15) is 4.79 Å². The van der Waals surface area contributed by atoms with Gasteiger partial charge in [-0.1, -0.05) is 24.3 Å². The molecule has 2 heterocycles. The summed E-state index contributed by atoms with van der Waals surface area (Å²) in [7, 11) is 0. The van der Waals surface area contributed by atoms with Crippen molar-refractivity contribution in [3.63, 3.8) is 0 Å². The topological polar surface area (TPSA) is 60.1 Å². The Hall–Kier alpha value is -2.82. The van der Waals surface area contributed by atoms with Crippen molar-refractivity contribution in [2.24, 2.45) is 5.92 Å². The average molecular weight is 349 g/mol. The molecular formula is C21H23N3O2. The van der Waals surface area contributed by atoms with E-state index in [0.717, 1.165) is 35.7 Å². The number of carbonyl (C=O) groups excluding carboxylic acids is 1. The zero-order valence-corrected chi connectivity index (χ0v) is 15.1. The van der Waals surface area contributed by atoms with Crippen LogP contribution in [-0.2, 0) is 17.9 Å². The lowest BCUT2D eigenvalue weighted by atomic mass is 10.1. The van der Waals surface area contributed by atoms with Gasteiger partial charge in [-0.25, -0.2) is 0 Å². The number of benzene rings is 1. The number of nitrogens with zero attached hydrogens (tertiary/aromatic N) is 2. The Morgan fingerprint density at radius 1 is 1.23 bits per heavy atom. The maximum absolute atomic E-state index is 12.3. The van der Waals surface area contributed by atoms with Crippen LogP contribution < -0.4 is 5.32 Å². The van der Waals surface area contributed by atoms with Crippen LogP contribution in [0.5, 0.6) is 0 Å². The summed E-state index contributed by atoms with van der Waals surface area (Å²) in [5, 5.41) is 7.57. The molecule has 0 unspecified atom stereocenters. The summed E-state index contributed by atoms with van der Waals surface area (Å²) in [5.74, 6) is 1.30. The fraction of sp³-hybridized carbons (Fsp3) is 0.333. The maximum atomic E-state index is 12.3. The van der Waals surface area contributed by atoms with Gasteiger partial charge in [0.15, 0.2) is 0 Å². The van der Waals surface area contributed by atoms with E-state index in [-0.39, 0.29) is 17.7 Å². The summed E-state index contributed by atoms with van der Waals surface area (Å²) in [6.45, 7) is 5.36. The smallest absolute Gasteiger partial charge is 0.224 e. The van der Waals surface area contributed by atoms with Crippen LogP contribution in [0.15, 0.2) is 53.1 Å². The Balaban J connectivity index is 1.34. The average Bonchev–Trinajstić information content (AvgIpc) is 3.10. The fourth-order valence-electron chi connectivity index (χ4n) is 3.47. The summed E-state index contributed by atoms with van der Waals surface area (Å²) in [4.78, 5) is 12.3. The van der Waals surface area contributed by atoms with Crippen LogP contribution in [0.3, 0.4) is 0 Å². The van der Waals surface area contributed by atoms with Gasteiger partial charge in [-0.3, -0.25) is 9.48 Å². The highest BCUT2D eigenvalue weighted by molar-refractivity contribution is 5.82. The second-order valence-electron chi connectivity index (χ2n) is 7.09. The lowest BCUT2D eigenvalue weighted by molar-refractivity contribution is -0.122. The molecule has 1 amide bonds. The molecule has 134 valence electrons. The third-order valence-electron chi connectivity index (χ3n) is 4.93. The quantitative estimate of drug-likeness (QED) is 0.740. The minimum Gasteiger partial charge on any atom is -0.469 e. The molecule has 0 saturated heterocycles. The minimum absolute atomic E-state index is 0.0408. The third-order valence-corrected chi connectivity index (χ3v) is 4.93. The number of furan rings is 1. The van der Waals surface area contributed by atoms with E-state index < -0.39 is 0 Å². The monoisotopic (exact) mass is 349 g/mol. The Morgan fingerprint density at radius 2 is 2.08 bits per heavy atom. The zero-order chi connectivity index (χ0) is 18.1. The number of carbonyl (C=O) groups is 1. The Bertz CT molecular complexity index is 911. The lowest BCUT2D eigenvalue weighted by Gasteiger charge is -2.09. The molecule has 0 bridgehead atoms. The maximum Gasteiger partial charge on any atom is 0.224 e. The summed E-state index contributed by atoms with van der Waals surface area (Å²) >= 11 is 0. The van der Waals surface area contributed by atoms with Gasteiger partial charge in [-0.2, -0.15) is 5.10 Å². The summed E-state index contributed by atoms with van der Waals surface area (Å²) in [5.41, 5.74) is 4.47. The highest BCUT2D eigenvalue weighted by Crippen LogP contribution is 2.47. The van der Waals surface area contributed by atoms with Gasteiger partial charge in [0.2, 0.25) is 5.91 Å². The molecular weight excluding hydrogens is 326 g/mol. The summed E-state index contributed by atoms with van der Waals surface area (Å²) < 4.78 is 7.40. The van der Waals surface area contributed by atoms with E-state index in [1.807, 2.05) is 35.9 Å². The van der Waals surface area contributed by atoms with Gasteiger partial charge in [0.1, 0.15) is 5.76 Å². The Labute approximate surface area is 153 Å². The van der Waals surface area contributed by atoms with Crippen molar-refractivity contribution in [2.45, 2.75) is 39.3 Å². The fourth-order valence-corrected chi connectivity index (χ4v) is 3.47. The van der Waals surface area contributed by atoms with Crippen LogP contribution in [0, 0.1) is 19.8 Å². The number of amides is 1. The molecule has 5 heteroatoms. The molecule has 26 heavy (non-hydrogen) atoms. The number of nitrogens with one attached hydrogen (secondary N) is 1. The molecule has 1 N–H and O–H groups in total. The summed E-state index contributed by atoms with van der Waals surface area (Å²) in [6.07, 6.45) is 2.54. The molecule has 0 aliphatic heterocycles. The number of aromatic nitrogens is 2. The van der Waals surface area contributed by atoms with Crippen molar-refractivity contribution in [1.29, 1.82) is 0 Å². The first kappa shape index (κ1) is 16.6. The van der Waals surface area contributed by atoms with Crippen molar-refractivity contribution in [3.05, 3.63) is 77.0 Å². The first-order chi connectivity index (χ1) is 12.6. The van der Waals surface area contributed by atoms with Gasteiger partial charge in [0.25, 0.3) is 0 Å². The number of hydrogen-bond acceptors (Lipinski definition) is 3. The largest absolute Gasteiger partial charge is 0.469 e. The van der Waals surface area contributed by atoms with Crippen LogP contribution in [0.25, 0.3) is 0 Å². The molecule has 4 rings (SSSR count). The Morgan fingerprint density at radius 3 is 2.81 bits per heavy atom. The molecule has 0 spiro atoms. The van der Waals surface area contributed by atoms with Crippen LogP contribution in [0.1, 0.15) is 40.6 Å². The molecule has 5 nitrogen and oxygen atoms in total. The van der Waals surface area contributed by atoms with Gasteiger partial charge < -0.3 is 9.73 Å². The number of rotatable bonds is 6. The van der Waals surface area contributed by atoms with Crippen LogP contribution in [-0.4, -0.2) is 15.7 Å². The Kier molecular flexibility index (Phi) is 4.37. The molecule has 1 fully saturated rings. The molecule has 1 aliphatic rings. The van der Waals surface area contributed by atoms with Gasteiger partial charge in [-0.15, -0.1) is 0 Å². The van der Waals surface area contributed by atoms with Crippen molar-refractivity contribution in [3.8, 4) is 0 Å². The highest BCUT2D eigenvalue weighted by atomic mass is 16.3. The van der Waals surface area contributed by atoms with Crippen molar-refractivity contribution in [1.82, 2.24) is 15.1 Å². The van der Waals surface area contributed by atoms with Gasteiger partial charge in [0, 0.05) is 24.1 Å². The predicted octanol–water partition coefficient (Wildman–Crippen LogP) is 3.56. The molecule has 3 aromatic rings. The third kappa shape index (κ3) is 3.57. The second kappa shape index (κ2) is 6.83. The number of hydrogen-bond donors (Lipinski definition) is 1. The highest BCUT2D eigenvalue weighted by Gasteiger charge is 2.45. The van der Waals surface area contributed by atoms with Crippen LogP contribution in [0.2, 0.25) is 0 Å². The molecule has 1 aromatic carbocycles. The van der Waals surface area contributed by atoms with E-state index in [1.54, 1.807) is 6.26 Å². The van der Waals surface area contributed by atoms with Gasteiger partial charge >= 0.3 is 0 Å². The van der Waals surface area contributed by atoms with E-state index in [0.29, 0.717) is 6.54 Å². The molecule has 1 aliphatic carbocycles. The number of aryl methyl sites for hydroxylation is 2. The van der Waals surface area contributed by atoms with E-state index in [1.165, 1.54) is 5.56 Å². The SMILES string of the molecule is Cc1cc(C)n(Cc2cccc(CNC(=O)[C@@H]3C[C@@H]3c3ccco3)c2)n1. The molecule has 0 radical (unpaired) electrons. The van der Waals surface area contributed by atoms with E-state index in [4.69, 9.17) is 4.42 Å². The van der Waals surface area contributed by atoms with E-state index in [2.05, 4.69) is 35.5 Å². The lowest BCUT2D eigenvalue weighted by Crippen LogP contribution is -2.24. The van der Waals surface area contributed by atoms with Crippen LogP contribution >= 0.6 is 0 Å². The molecule has 1 saturated carbocycles. The zero-order valence-electron chi connectivity index (χ0n) is 15.1. The van der Waals surface area contributed by atoms with Crippen molar-refractivity contribution >= 4 is 5.91 Å². The minimum atomic E-state index is 0.0408. The van der Waals surface area contributed by atoms with Crippen molar-refractivity contribution < 1.29 is 9.21 Å². The second-order valence-corrected chi connectivity index (χ2v) is 7.09. The normalized spacial score (nSPS) is 18.7. The first-order valence-electron chi connectivity index (χ1n) is 9.00. The molecule has 2 atom stereocenters. The first-order valence-corrected chi connectivity index (χ1v) is 9.00. The summed E-state index contributed by atoms with van der Waals surface area (Å²) in [6, 6.07) is 14.2. The van der Waals surface area contributed by atoms with Crippen LogP contribution in [0.4, 0.5) is 0 Å².